The molecular formula is C14H16ClNOS. The summed E-state index contributed by atoms with van der Waals surface area (Å²) in [6.45, 7) is 4.19. The zero-order chi connectivity index (χ0) is 13.1. The smallest absolute Gasteiger partial charge is 0.115 e. The number of aromatic hydroxyl groups is 1. The van der Waals surface area contributed by atoms with Crippen LogP contribution >= 0.6 is 22.9 Å². The number of hydrogen-bond acceptors (Lipinski definition) is 3. The molecule has 0 saturated heterocycles. The highest BCUT2D eigenvalue weighted by molar-refractivity contribution is 7.14. The van der Waals surface area contributed by atoms with E-state index in [1.165, 1.54) is 5.56 Å². The maximum absolute atomic E-state index is 9.47. The monoisotopic (exact) mass is 281 g/mol. The molecule has 0 radical (unpaired) electrons. The standard InChI is InChI=1S/C14H16ClNOS/c1-9(11-4-3-5-13(17)6-11)16-10(2)12-7-14(15)18-8-12/h3-10,16-17H,1-2H3. The van der Waals surface area contributed by atoms with Gasteiger partial charge < -0.3 is 10.4 Å². The molecule has 2 unspecified atom stereocenters. The first-order valence-corrected chi connectivity index (χ1v) is 7.11. The van der Waals surface area contributed by atoms with Gasteiger partial charge in [0.05, 0.1) is 4.34 Å². The molecule has 0 aliphatic heterocycles. The fourth-order valence-electron chi connectivity index (χ4n) is 1.91. The summed E-state index contributed by atoms with van der Waals surface area (Å²) in [4.78, 5) is 0. The molecule has 2 atom stereocenters. The highest BCUT2D eigenvalue weighted by Gasteiger charge is 2.12. The molecule has 4 heteroatoms. The van der Waals surface area contributed by atoms with E-state index in [0.717, 1.165) is 9.90 Å². The predicted octanol–water partition coefficient (Wildman–Crippen LogP) is 4.52. The van der Waals surface area contributed by atoms with Crippen LogP contribution in [-0.2, 0) is 0 Å². The van der Waals surface area contributed by atoms with Crippen LogP contribution in [-0.4, -0.2) is 5.11 Å². The summed E-state index contributed by atoms with van der Waals surface area (Å²) in [7, 11) is 0. The molecular weight excluding hydrogens is 266 g/mol. The SMILES string of the molecule is CC(NC(C)c1csc(Cl)c1)c1cccc(O)c1. The molecule has 96 valence electrons. The van der Waals surface area contributed by atoms with E-state index in [1.54, 1.807) is 23.5 Å². The molecule has 2 N–H and O–H groups in total. The molecule has 0 amide bonds. The van der Waals surface area contributed by atoms with Crippen LogP contribution in [0.25, 0.3) is 0 Å². The van der Waals surface area contributed by atoms with Gasteiger partial charge in [0.25, 0.3) is 0 Å². The molecule has 1 heterocycles. The molecule has 0 fully saturated rings. The zero-order valence-electron chi connectivity index (χ0n) is 10.4. The van der Waals surface area contributed by atoms with Gasteiger partial charge in [0, 0.05) is 12.1 Å². The van der Waals surface area contributed by atoms with Gasteiger partial charge in [-0.3, -0.25) is 0 Å². The van der Waals surface area contributed by atoms with Crippen molar-refractivity contribution in [3.63, 3.8) is 0 Å². The minimum absolute atomic E-state index is 0.172. The van der Waals surface area contributed by atoms with Crippen molar-refractivity contribution in [2.24, 2.45) is 0 Å². The summed E-state index contributed by atoms with van der Waals surface area (Å²) in [6.07, 6.45) is 0. The Labute approximate surface area is 116 Å². The maximum atomic E-state index is 9.47. The molecule has 2 rings (SSSR count). The first kappa shape index (κ1) is 13.4. The molecule has 0 spiro atoms. The Hall–Kier alpha value is -1.03. The van der Waals surface area contributed by atoms with Crippen molar-refractivity contribution in [3.05, 3.63) is 51.2 Å². The average Bonchev–Trinajstić information content (AvgIpc) is 2.76. The van der Waals surface area contributed by atoms with Gasteiger partial charge in [-0.15, -0.1) is 11.3 Å². The highest BCUT2D eigenvalue weighted by atomic mass is 35.5. The number of phenols is 1. The quantitative estimate of drug-likeness (QED) is 0.864. The van der Waals surface area contributed by atoms with Gasteiger partial charge in [0.1, 0.15) is 5.75 Å². The summed E-state index contributed by atoms with van der Waals surface area (Å²) >= 11 is 7.48. The topological polar surface area (TPSA) is 32.3 Å². The number of phenolic OH excluding ortho intramolecular Hbond substituents is 1. The molecule has 2 aromatic rings. The fraction of sp³-hybridized carbons (Fsp3) is 0.286. The summed E-state index contributed by atoms with van der Waals surface area (Å²) in [5.41, 5.74) is 2.26. The van der Waals surface area contributed by atoms with Crippen LogP contribution in [0.5, 0.6) is 5.75 Å². The van der Waals surface area contributed by atoms with E-state index in [2.05, 4.69) is 24.5 Å². The molecule has 0 bridgehead atoms. The molecule has 1 aromatic carbocycles. The number of benzene rings is 1. The molecule has 0 aliphatic carbocycles. The molecule has 0 saturated carbocycles. The molecule has 18 heavy (non-hydrogen) atoms. The lowest BCUT2D eigenvalue weighted by atomic mass is 10.1. The summed E-state index contributed by atoms with van der Waals surface area (Å²) < 4.78 is 0.809. The number of nitrogens with one attached hydrogen (secondary N) is 1. The van der Waals surface area contributed by atoms with Gasteiger partial charge in [-0.05, 0) is 48.6 Å². The Morgan fingerprint density at radius 1 is 1.17 bits per heavy atom. The van der Waals surface area contributed by atoms with E-state index >= 15 is 0 Å². The van der Waals surface area contributed by atoms with Crippen molar-refractivity contribution in [3.8, 4) is 5.75 Å². The first-order valence-electron chi connectivity index (χ1n) is 5.85. The van der Waals surface area contributed by atoms with Crippen molar-refractivity contribution < 1.29 is 5.11 Å². The second kappa shape index (κ2) is 5.74. The average molecular weight is 282 g/mol. The minimum Gasteiger partial charge on any atom is -0.508 e. The maximum Gasteiger partial charge on any atom is 0.115 e. The summed E-state index contributed by atoms with van der Waals surface area (Å²) in [5.74, 6) is 0.299. The molecule has 2 nitrogen and oxygen atoms in total. The van der Waals surface area contributed by atoms with Gasteiger partial charge in [-0.1, -0.05) is 23.7 Å². The Balaban J connectivity index is 2.05. The Kier molecular flexibility index (Phi) is 4.27. The van der Waals surface area contributed by atoms with E-state index in [9.17, 15) is 5.11 Å². The lowest BCUT2D eigenvalue weighted by Crippen LogP contribution is -2.22. The molecule has 0 aliphatic rings. The van der Waals surface area contributed by atoms with Gasteiger partial charge in [-0.2, -0.15) is 0 Å². The van der Waals surface area contributed by atoms with Crippen LogP contribution in [0.2, 0.25) is 4.34 Å². The number of halogens is 1. The van der Waals surface area contributed by atoms with Crippen LogP contribution in [0, 0.1) is 0 Å². The zero-order valence-corrected chi connectivity index (χ0v) is 11.9. The van der Waals surface area contributed by atoms with Gasteiger partial charge >= 0.3 is 0 Å². The highest BCUT2D eigenvalue weighted by Crippen LogP contribution is 2.27. The Morgan fingerprint density at radius 3 is 2.50 bits per heavy atom. The number of hydrogen-bond donors (Lipinski definition) is 2. The van der Waals surface area contributed by atoms with Gasteiger partial charge in [-0.25, -0.2) is 0 Å². The number of rotatable bonds is 4. The van der Waals surface area contributed by atoms with Gasteiger partial charge in [0.15, 0.2) is 0 Å². The molecule has 1 aromatic heterocycles. The summed E-state index contributed by atoms with van der Waals surface area (Å²) in [6, 6.07) is 9.71. The van der Waals surface area contributed by atoms with Crippen LogP contribution in [0.3, 0.4) is 0 Å². The predicted molar refractivity (Wildman–Crippen MR) is 77.4 cm³/mol. The van der Waals surface area contributed by atoms with Crippen molar-refractivity contribution in [1.82, 2.24) is 5.32 Å². The third-order valence-corrected chi connectivity index (χ3v) is 4.07. The second-order valence-corrected chi connectivity index (χ2v) is 5.93. The third kappa shape index (κ3) is 3.25. The van der Waals surface area contributed by atoms with E-state index < -0.39 is 0 Å². The van der Waals surface area contributed by atoms with Crippen molar-refractivity contribution in [1.29, 1.82) is 0 Å². The lowest BCUT2D eigenvalue weighted by molar-refractivity contribution is 0.466. The second-order valence-electron chi connectivity index (χ2n) is 4.39. The number of thiophene rings is 1. The third-order valence-electron chi connectivity index (χ3n) is 2.96. The van der Waals surface area contributed by atoms with E-state index in [0.29, 0.717) is 5.75 Å². The van der Waals surface area contributed by atoms with Crippen LogP contribution in [0.4, 0.5) is 0 Å². The Morgan fingerprint density at radius 2 is 1.89 bits per heavy atom. The van der Waals surface area contributed by atoms with E-state index in [1.807, 2.05) is 18.2 Å². The largest absolute Gasteiger partial charge is 0.508 e. The van der Waals surface area contributed by atoms with Crippen molar-refractivity contribution >= 4 is 22.9 Å². The summed E-state index contributed by atoms with van der Waals surface area (Å²) in [5, 5.41) is 15.0. The fourth-order valence-corrected chi connectivity index (χ4v) is 2.90. The first-order chi connectivity index (χ1) is 8.56. The lowest BCUT2D eigenvalue weighted by Gasteiger charge is -2.20. The normalized spacial score (nSPS) is 14.4. The van der Waals surface area contributed by atoms with Gasteiger partial charge in [0.2, 0.25) is 0 Å². The van der Waals surface area contributed by atoms with E-state index in [4.69, 9.17) is 11.6 Å². The van der Waals surface area contributed by atoms with Crippen LogP contribution in [0.1, 0.15) is 37.1 Å². The van der Waals surface area contributed by atoms with Crippen LogP contribution < -0.4 is 5.32 Å². The van der Waals surface area contributed by atoms with Crippen molar-refractivity contribution in [2.75, 3.05) is 0 Å². The Bertz CT molecular complexity index is 526. The van der Waals surface area contributed by atoms with Crippen LogP contribution in [0.15, 0.2) is 35.7 Å². The minimum atomic E-state index is 0.172. The van der Waals surface area contributed by atoms with Crippen molar-refractivity contribution in [2.45, 2.75) is 25.9 Å². The van der Waals surface area contributed by atoms with E-state index in [-0.39, 0.29) is 12.1 Å².